The Hall–Kier alpha value is -0.820. The van der Waals surface area contributed by atoms with Gasteiger partial charge in [0.1, 0.15) is 0 Å². The number of nitrogens with one attached hydrogen (secondary N) is 1. The standard InChI is InChI=1S/C16H33NO.C2HF3O2/c1-14(10-9-13-16(2,3)18)17-15-11-7-5-4-6-8-12-15;3-2(4,5)1(6)7/h14-15,17-18H,4-13H2,1-3H3;(H,6,7). The second-order valence-electron chi connectivity index (χ2n) is 7.62. The van der Waals surface area contributed by atoms with Crippen molar-refractivity contribution in [1.82, 2.24) is 5.32 Å². The van der Waals surface area contributed by atoms with Crippen molar-refractivity contribution >= 4 is 5.97 Å². The van der Waals surface area contributed by atoms with Crippen LogP contribution in [0.5, 0.6) is 0 Å². The maximum absolute atomic E-state index is 10.6. The molecule has 3 N–H and O–H groups in total. The Morgan fingerprint density at radius 1 is 1.12 bits per heavy atom. The predicted octanol–water partition coefficient (Wildman–Crippen LogP) is 4.65. The predicted molar refractivity (Wildman–Crippen MR) is 92.5 cm³/mol. The molecule has 1 saturated carbocycles. The molecule has 0 aromatic rings. The highest BCUT2D eigenvalue weighted by molar-refractivity contribution is 5.73. The van der Waals surface area contributed by atoms with Gasteiger partial charge in [-0.25, -0.2) is 4.79 Å². The Balaban J connectivity index is 0.000000697. The quantitative estimate of drug-likeness (QED) is 0.637. The highest BCUT2D eigenvalue weighted by Gasteiger charge is 2.38. The molecule has 1 fully saturated rings. The fourth-order valence-corrected chi connectivity index (χ4v) is 2.95. The summed E-state index contributed by atoms with van der Waals surface area (Å²) >= 11 is 0. The van der Waals surface area contributed by atoms with Gasteiger partial charge in [0.2, 0.25) is 0 Å². The first-order valence-electron chi connectivity index (χ1n) is 9.20. The zero-order chi connectivity index (χ0) is 19.5. The van der Waals surface area contributed by atoms with Gasteiger partial charge in [0.05, 0.1) is 5.60 Å². The van der Waals surface area contributed by atoms with Crippen molar-refractivity contribution in [3.05, 3.63) is 0 Å². The van der Waals surface area contributed by atoms with E-state index in [0.29, 0.717) is 6.04 Å². The van der Waals surface area contributed by atoms with E-state index in [0.717, 1.165) is 18.9 Å². The van der Waals surface area contributed by atoms with Crippen molar-refractivity contribution in [2.24, 2.45) is 0 Å². The molecule has 1 aliphatic carbocycles. The zero-order valence-electron chi connectivity index (χ0n) is 15.7. The number of aliphatic carboxylic acids is 1. The SMILES string of the molecule is CC(CCCC(C)(C)O)NC1CCCCCCC1.O=C(O)C(F)(F)F. The van der Waals surface area contributed by atoms with Gasteiger partial charge in [-0.2, -0.15) is 13.2 Å². The van der Waals surface area contributed by atoms with E-state index >= 15 is 0 Å². The molecule has 0 bridgehead atoms. The van der Waals surface area contributed by atoms with Crippen LogP contribution >= 0.6 is 0 Å². The van der Waals surface area contributed by atoms with Gasteiger partial charge >= 0.3 is 12.1 Å². The molecule has 1 unspecified atom stereocenters. The van der Waals surface area contributed by atoms with Gasteiger partial charge in [0.25, 0.3) is 0 Å². The number of hydrogen-bond acceptors (Lipinski definition) is 3. The van der Waals surface area contributed by atoms with Crippen molar-refractivity contribution in [2.75, 3.05) is 0 Å². The number of alkyl halides is 3. The summed E-state index contributed by atoms with van der Waals surface area (Å²) < 4.78 is 31.7. The molecule has 25 heavy (non-hydrogen) atoms. The number of aliphatic hydroxyl groups is 1. The second-order valence-corrected chi connectivity index (χ2v) is 7.62. The van der Waals surface area contributed by atoms with E-state index in [1.54, 1.807) is 0 Å². The second kappa shape index (κ2) is 11.7. The minimum Gasteiger partial charge on any atom is -0.475 e. The summed E-state index contributed by atoms with van der Waals surface area (Å²) in [7, 11) is 0. The summed E-state index contributed by atoms with van der Waals surface area (Å²) in [5.41, 5.74) is -0.500. The highest BCUT2D eigenvalue weighted by Crippen LogP contribution is 2.19. The Bertz CT molecular complexity index is 360. The molecule has 0 amide bonds. The Kier molecular flexibility index (Phi) is 11.3. The lowest BCUT2D eigenvalue weighted by Gasteiger charge is -2.26. The largest absolute Gasteiger partial charge is 0.490 e. The minimum absolute atomic E-state index is 0.500. The summed E-state index contributed by atoms with van der Waals surface area (Å²) in [5, 5.41) is 20.6. The van der Waals surface area contributed by atoms with E-state index in [9.17, 15) is 18.3 Å². The average molecular weight is 369 g/mol. The zero-order valence-corrected chi connectivity index (χ0v) is 15.7. The summed E-state index contributed by atoms with van der Waals surface area (Å²) in [6.07, 6.45) is 7.91. The van der Waals surface area contributed by atoms with Crippen LogP contribution in [0.15, 0.2) is 0 Å². The van der Waals surface area contributed by atoms with E-state index in [-0.39, 0.29) is 0 Å². The first-order chi connectivity index (χ1) is 11.4. The molecule has 0 heterocycles. The lowest BCUT2D eigenvalue weighted by atomic mass is 9.95. The molecule has 0 aromatic carbocycles. The van der Waals surface area contributed by atoms with Crippen LogP contribution in [0.2, 0.25) is 0 Å². The Morgan fingerprint density at radius 3 is 1.96 bits per heavy atom. The summed E-state index contributed by atoms with van der Waals surface area (Å²) in [6.45, 7) is 6.10. The van der Waals surface area contributed by atoms with E-state index in [4.69, 9.17) is 9.90 Å². The number of carboxylic acids is 1. The summed E-state index contributed by atoms with van der Waals surface area (Å²) in [6, 6.07) is 1.33. The van der Waals surface area contributed by atoms with Crippen LogP contribution in [0.4, 0.5) is 13.2 Å². The first-order valence-corrected chi connectivity index (χ1v) is 9.20. The Labute approximate surface area is 149 Å². The normalized spacial score (nSPS) is 18.5. The van der Waals surface area contributed by atoms with Gasteiger partial charge < -0.3 is 15.5 Å². The molecule has 1 aliphatic rings. The molecule has 4 nitrogen and oxygen atoms in total. The van der Waals surface area contributed by atoms with Crippen LogP contribution in [0.3, 0.4) is 0 Å². The van der Waals surface area contributed by atoms with Crippen LogP contribution in [0.1, 0.15) is 85.0 Å². The van der Waals surface area contributed by atoms with Gasteiger partial charge in [0.15, 0.2) is 0 Å². The fourth-order valence-electron chi connectivity index (χ4n) is 2.95. The molecule has 0 aliphatic heterocycles. The molecule has 0 spiro atoms. The lowest BCUT2D eigenvalue weighted by Crippen LogP contribution is -2.37. The molecule has 150 valence electrons. The maximum atomic E-state index is 10.6. The van der Waals surface area contributed by atoms with Crippen molar-refractivity contribution < 1.29 is 28.2 Å². The van der Waals surface area contributed by atoms with Gasteiger partial charge in [0, 0.05) is 12.1 Å². The van der Waals surface area contributed by atoms with Crippen molar-refractivity contribution in [2.45, 2.75) is 109 Å². The van der Waals surface area contributed by atoms with Gasteiger partial charge in [-0.1, -0.05) is 32.1 Å². The third-order valence-electron chi connectivity index (χ3n) is 4.29. The van der Waals surface area contributed by atoms with E-state index < -0.39 is 17.7 Å². The van der Waals surface area contributed by atoms with Crippen molar-refractivity contribution in [1.29, 1.82) is 0 Å². The van der Waals surface area contributed by atoms with Gasteiger partial charge in [-0.05, 0) is 52.9 Å². The molecule has 0 radical (unpaired) electrons. The van der Waals surface area contributed by atoms with Crippen LogP contribution in [0, 0.1) is 0 Å². The summed E-state index contributed by atoms with van der Waals surface area (Å²) in [4.78, 5) is 8.90. The van der Waals surface area contributed by atoms with Gasteiger partial charge in [-0.3, -0.25) is 0 Å². The molecular weight excluding hydrogens is 335 g/mol. The molecule has 1 rings (SSSR count). The van der Waals surface area contributed by atoms with E-state index in [1.165, 1.54) is 51.4 Å². The first kappa shape index (κ1) is 24.2. The topological polar surface area (TPSA) is 69.6 Å². The molecule has 0 aromatic heterocycles. The molecule has 7 heteroatoms. The molecule has 1 atom stereocenters. The van der Waals surface area contributed by atoms with E-state index in [2.05, 4.69) is 12.2 Å². The number of carboxylic acid groups (broad SMARTS) is 1. The minimum atomic E-state index is -5.08. The third-order valence-corrected chi connectivity index (χ3v) is 4.29. The van der Waals surface area contributed by atoms with Gasteiger partial charge in [-0.15, -0.1) is 0 Å². The fraction of sp³-hybridized carbons (Fsp3) is 0.944. The van der Waals surface area contributed by atoms with E-state index in [1.807, 2.05) is 13.8 Å². The smallest absolute Gasteiger partial charge is 0.475 e. The lowest BCUT2D eigenvalue weighted by molar-refractivity contribution is -0.192. The number of hydrogen-bond donors (Lipinski definition) is 3. The van der Waals surface area contributed by atoms with Crippen LogP contribution in [0.25, 0.3) is 0 Å². The average Bonchev–Trinajstić information content (AvgIpc) is 2.39. The molecule has 0 saturated heterocycles. The highest BCUT2D eigenvalue weighted by atomic mass is 19.4. The number of halogens is 3. The number of carbonyl (C=O) groups is 1. The monoisotopic (exact) mass is 369 g/mol. The Morgan fingerprint density at radius 2 is 1.56 bits per heavy atom. The van der Waals surface area contributed by atoms with Crippen molar-refractivity contribution in [3.8, 4) is 0 Å². The van der Waals surface area contributed by atoms with Crippen molar-refractivity contribution in [3.63, 3.8) is 0 Å². The molecular formula is C18H34F3NO3. The third kappa shape index (κ3) is 15.2. The van der Waals surface area contributed by atoms with Crippen LogP contribution < -0.4 is 5.32 Å². The van der Waals surface area contributed by atoms with Crippen LogP contribution in [-0.2, 0) is 4.79 Å². The summed E-state index contributed by atoms with van der Waals surface area (Å²) in [5.74, 6) is -2.76. The maximum Gasteiger partial charge on any atom is 0.490 e. The number of rotatable bonds is 6. The van der Waals surface area contributed by atoms with Crippen LogP contribution in [-0.4, -0.2) is 40.0 Å².